The van der Waals surface area contributed by atoms with Gasteiger partial charge in [0.1, 0.15) is 18.1 Å². The number of hydrogen-bond donors (Lipinski definition) is 1. The van der Waals surface area contributed by atoms with Crippen LogP contribution in [0.4, 0.5) is 5.69 Å². The average molecular weight is 321 g/mol. The molecule has 0 radical (unpaired) electrons. The van der Waals surface area contributed by atoms with Crippen molar-refractivity contribution >= 4 is 15.5 Å². The molecule has 0 aliphatic rings. The van der Waals surface area contributed by atoms with Gasteiger partial charge in [-0.15, -0.1) is 0 Å². The lowest BCUT2D eigenvalue weighted by atomic mass is 10.2. The van der Waals surface area contributed by atoms with E-state index in [1.165, 1.54) is 0 Å². The summed E-state index contributed by atoms with van der Waals surface area (Å²) in [6, 6.07) is 13.8. The summed E-state index contributed by atoms with van der Waals surface area (Å²) in [4.78, 5) is 0. The summed E-state index contributed by atoms with van der Waals surface area (Å²) in [5, 5.41) is 0. The van der Waals surface area contributed by atoms with E-state index in [0.29, 0.717) is 11.4 Å². The molecule has 0 spiro atoms. The van der Waals surface area contributed by atoms with Crippen LogP contribution in [0.5, 0.6) is 11.5 Å². The van der Waals surface area contributed by atoms with Gasteiger partial charge in [-0.3, -0.25) is 0 Å². The third-order valence-electron chi connectivity index (χ3n) is 3.09. The third kappa shape index (κ3) is 4.96. The van der Waals surface area contributed by atoms with Crippen molar-refractivity contribution in [3.05, 3.63) is 54.1 Å². The molecule has 118 valence electrons. The fourth-order valence-electron chi connectivity index (χ4n) is 1.90. The highest BCUT2D eigenvalue weighted by Crippen LogP contribution is 2.17. The molecule has 2 N–H and O–H groups in total. The maximum absolute atomic E-state index is 12.0. The molecular weight excluding hydrogens is 302 g/mol. The minimum Gasteiger partial charge on any atom is -0.497 e. The van der Waals surface area contributed by atoms with Crippen LogP contribution in [0, 0.1) is 0 Å². The van der Waals surface area contributed by atoms with Crippen LogP contribution in [-0.2, 0) is 15.6 Å². The first-order chi connectivity index (χ1) is 10.5. The van der Waals surface area contributed by atoms with Crippen LogP contribution in [0.3, 0.4) is 0 Å². The van der Waals surface area contributed by atoms with E-state index in [1.54, 1.807) is 55.6 Å². The summed E-state index contributed by atoms with van der Waals surface area (Å²) < 4.78 is 34.6. The molecule has 0 atom stereocenters. The number of rotatable bonds is 7. The highest BCUT2D eigenvalue weighted by atomic mass is 32.2. The highest BCUT2D eigenvalue weighted by molar-refractivity contribution is 7.90. The molecule has 2 aromatic rings. The normalized spacial score (nSPS) is 11.1. The Bertz CT molecular complexity index is 694. The van der Waals surface area contributed by atoms with Gasteiger partial charge in [0.2, 0.25) is 0 Å². The van der Waals surface area contributed by atoms with Crippen molar-refractivity contribution in [3.8, 4) is 11.5 Å². The second-order valence-electron chi connectivity index (χ2n) is 4.86. The molecule has 0 aliphatic carbocycles. The fraction of sp³-hybridized carbons (Fsp3) is 0.250. The minimum absolute atomic E-state index is 0.0146. The van der Waals surface area contributed by atoms with Gasteiger partial charge in [-0.2, -0.15) is 0 Å². The van der Waals surface area contributed by atoms with Gasteiger partial charge >= 0.3 is 0 Å². The molecule has 0 fully saturated rings. The molecule has 22 heavy (non-hydrogen) atoms. The summed E-state index contributed by atoms with van der Waals surface area (Å²) in [5.41, 5.74) is 6.91. The first kappa shape index (κ1) is 16.2. The Morgan fingerprint density at radius 2 is 1.55 bits per heavy atom. The largest absolute Gasteiger partial charge is 0.497 e. The van der Waals surface area contributed by atoms with E-state index < -0.39 is 9.84 Å². The summed E-state index contributed by atoms with van der Waals surface area (Å²) in [6.45, 7) is 0.115. The number of hydrogen-bond acceptors (Lipinski definition) is 5. The first-order valence-corrected chi connectivity index (χ1v) is 8.62. The Labute approximate surface area is 130 Å². The van der Waals surface area contributed by atoms with Gasteiger partial charge in [-0.25, -0.2) is 8.42 Å². The van der Waals surface area contributed by atoms with Crippen molar-refractivity contribution in [3.63, 3.8) is 0 Å². The Kier molecular flexibility index (Phi) is 5.27. The predicted octanol–water partition coefficient (Wildman–Crippen LogP) is 2.27. The number of benzene rings is 2. The Hall–Kier alpha value is -2.21. The van der Waals surface area contributed by atoms with Crippen molar-refractivity contribution in [1.82, 2.24) is 0 Å². The summed E-state index contributed by atoms with van der Waals surface area (Å²) in [6.07, 6.45) is 0. The van der Waals surface area contributed by atoms with Crippen LogP contribution in [0.15, 0.2) is 48.5 Å². The monoisotopic (exact) mass is 321 g/mol. The van der Waals surface area contributed by atoms with E-state index in [2.05, 4.69) is 0 Å². The zero-order chi connectivity index (χ0) is 16.0. The lowest BCUT2D eigenvalue weighted by Crippen LogP contribution is -2.16. The van der Waals surface area contributed by atoms with E-state index in [4.69, 9.17) is 15.2 Å². The van der Waals surface area contributed by atoms with Crippen molar-refractivity contribution in [2.45, 2.75) is 5.75 Å². The molecule has 0 amide bonds. The summed E-state index contributed by atoms with van der Waals surface area (Å²) >= 11 is 0. The molecule has 0 saturated heterocycles. The minimum atomic E-state index is -3.22. The van der Waals surface area contributed by atoms with Crippen molar-refractivity contribution in [2.24, 2.45) is 0 Å². The zero-order valence-corrected chi connectivity index (χ0v) is 13.2. The Morgan fingerprint density at radius 3 is 2.14 bits per heavy atom. The number of nitrogen functional groups attached to an aromatic ring is 1. The first-order valence-electron chi connectivity index (χ1n) is 6.80. The van der Waals surface area contributed by atoms with Crippen LogP contribution >= 0.6 is 0 Å². The molecule has 5 nitrogen and oxygen atoms in total. The van der Waals surface area contributed by atoms with Crippen LogP contribution in [0.2, 0.25) is 0 Å². The second-order valence-corrected chi connectivity index (χ2v) is 7.04. The number of sulfone groups is 1. The second kappa shape index (κ2) is 7.17. The number of nitrogens with two attached hydrogens (primary N) is 1. The zero-order valence-electron chi connectivity index (χ0n) is 12.4. The Balaban J connectivity index is 1.85. The van der Waals surface area contributed by atoms with Crippen LogP contribution < -0.4 is 15.2 Å². The van der Waals surface area contributed by atoms with Crippen molar-refractivity contribution < 1.29 is 17.9 Å². The number of methoxy groups -OCH3 is 1. The van der Waals surface area contributed by atoms with E-state index in [9.17, 15) is 8.42 Å². The topological polar surface area (TPSA) is 78.6 Å². The van der Waals surface area contributed by atoms with E-state index >= 15 is 0 Å². The van der Waals surface area contributed by atoms with Gasteiger partial charge in [0, 0.05) is 5.69 Å². The van der Waals surface area contributed by atoms with Crippen molar-refractivity contribution in [2.75, 3.05) is 25.2 Å². The van der Waals surface area contributed by atoms with Gasteiger partial charge in [-0.05, 0) is 42.0 Å². The fourth-order valence-corrected chi connectivity index (χ4v) is 3.08. The van der Waals surface area contributed by atoms with Crippen LogP contribution in [0.25, 0.3) is 0 Å². The lowest BCUT2D eigenvalue weighted by molar-refractivity contribution is 0.339. The molecule has 0 unspecified atom stereocenters. The van der Waals surface area contributed by atoms with Gasteiger partial charge < -0.3 is 15.2 Å². The third-order valence-corrected chi connectivity index (χ3v) is 4.65. The van der Waals surface area contributed by atoms with Gasteiger partial charge in [0.25, 0.3) is 0 Å². The highest BCUT2D eigenvalue weighted by Gasteiger charge is 2.12. The number of ether oxygens (including phenoxy) is 2. The van der Waals surface area contributed by atoms with Gasteiger partial charge in [0.05, 0.1) is 18.6 Å². The molecule has 6 heteroatoms. The molecule has 2 aromatic carbocycles. The SMILES string of the molecule is COc1ccc(OCCS(=O)(=O)Cc2ccc(N)cc2)cc1. The molecule has 0 aromatic heterocycles. The predicted molar refractivity (Wildman–Crippen MR) is 86.8 cm³/mol. The van der Waals surface area contributed by atoms with E-state index in [1.807, 2.05) is 0 Å². The van der Waals surface area contributed by atoms with Crippen molar-refractivity contribution in [1.29, 1.82) is 0 Å². The van der Waals surface area contributed by atoms with Crippen LogP contribution in [-0.4, -0.2) is 27.9 Å². The molecule has 0 aliphatic heterocycles. The van der Waals surface area contributed by atoms with E-state index in [0.717, 1.165) is 11.3 Å². The maximum Gasteiger partial charge on any atom is 0.157 e. The van der Waals surface area contributed by atoms with Gasteiger partial charge in [0.15, 0.2) is 9.84 Å². The average Bonchev–Trinajstić information content (AvgIpc) is 2.50. The molecule has 0 heterocycles. The number of anilines is 1. The molecule has 0 saturated carbocycles. The smallest absolute Gasteiger partial charge is 0.157 e. The Morgan fingerprint density at radius 1 is 0.955 bits per heavy atom. The quantitative estimate of drug-likeness (QED) is 0.792. The molecular formula is C16H19NO4S. The summed E-state index contributed by atoms with van der Waals surface area (Å²) in [5.74, 6) is 1.29. The maximum atomic E-state index is 12.0. The molecule has 2 rings (SSSR count). The van der Waals surface area contributed by atoms with Gasteiger partial charge in [-0.1, -0.05) is 12.1 Å². The lowest BCUT2D eigenvalue weighted by Gasteiger charge is -2.08. The van der Waals surface area contributed by atoms with E-state index in [-0.39, 0.29) is 18.1 Å². The summed E-state index contributed by atoms with van der Waals surface area (Å²) in [7, 11) is -1.64. The molecule has 0 bridgehead atoms. The van der Waals surface area contributed by atoms with Crippen LogP contribution in [0.1, 0.15) is 5.56 Å². The standard InChI is InChI=1S/C16H19NO4S/c1-20-15-6-8-16(9-7-15)21-10-11-22(18,19)12-13-2-4-14(17)5-3-13/h2-9H,10-12,17H2,1H3.